The van der Waals surface area contributed by atoms with Crippen LogP contribution >= 0.6 is 0 Å². The van der Waals surface area contributed by atoms with Crippen LogP contribution in [0.5, 0.6) is 0 Å². The van der Waals surface area contributed by atoms with Crippen LogP contribution in [-0.4, -0.2) is 30.4 Å². The number of benzene rings is 1. The Kier molecular flexibility index (Phi) is 4.69. The van der Waals surface area contributed by atoms with Crippen molar-refractivity contribution in [1.82, 2.24) is 10.5 Å². The highest BCUT2D eigenvalue weighted by atomic mass is 32.2. The molecule has 2 aromatic rings. The molecule has 0 aliphatic rings. The molecule has 108 valence electrons. The van der Waals surface area contributed by atoms with Crippen molar-refractivity contribution in [2.45, 2.75) is 25.1 Å². The molecule has 0 saturated carbocycles. The molecule has 2 rings (SSSR count). The third-order valence-electron chi connectivity index (χ3n) is 3.12. The Morgan fingerprint density at radius 1 is 1.35 bits per heavy atom. The highest BCUT2D eigenvalue weighted by molar-refractivity contribution is 7.90. The number of fused-ring (bicyclic) bond motifs is 1. The number of nitrogens with one attached hydrogen (secondary N) is 1. The molecule has 0 aliphatic carbocycles. The van der Waals surface area contributed by atoms with Crippen LogP contribution in [0.25, 0.3) is 10.9 Å². The zero-order valence-corrected chi connectivity index (χ0v) is 12.1. The summed E-state index contributed by atoms with van der Waals surface area (Å²) < 4.78 is 24.0. The molecule has 0 saturated heterocycles. The van der Waals surface area contributed by atoms with E-state index in [4.69, 9.17) is 5.21 Å². The van der Waals surface area contributed by atoms with Gasteiger partial charge >= 0.3 is 0 Å². The van der Waals surface area contributed by atoms with Crippen molar-refractivity contribution in [3.8, 4) is 0 Å². The normalized spacial score (nSPS) is 13.5. The fraction of sp³-hybridized carbons (Fsp3) is 0.357. The van der Waals surface area contributed by atoms with Crippen molar-refractivity contribution in [3.63, 3.8) is 0 Å². The number of hydrogen-bond acceptors (Lipinski definition) is 5. The number of hydrogen-bond donors (Lipinski definition) is 2. The minimum absolute atomic E-state index is 0.0248. The second-order valence-electron chi connectivity index (χ2n) is 4.95. The lowest BCUT2D eigenvalue weighted by Crippen LogP contribution is -2.25. The molecule has 1 unspecified atom stereocenters. The van der Waals surface area contributed by atoms with Crippen LogP contribution < -0.4 is 5.48 Å². The Balaban J connectivity index is 2.10. The zero-order chi connectivity index (χ0) is 14.6. The number of rotatable bonds is 6. The molecule has 2 N–H and O–H groups in total. The maximum atomic E-state index is 12.0. The van der Waals surface area contributed by atoms with E-state index in [1.165, 1.54) is 0 Å². The Bertz CT molecular complexity index is 686. The van der Waals surface area contributed by atoms with E-state index in [2.05, 4.69) is 4.98 Å². The molecule has 0 amide bonds. The van der Waals surface area contributed by atoms with Gasteiger partial charge in [-0.2, -0.15) is 0 Å². The summed E-state index contributed by atoms with van der Waals surface area (Å²) in [5.41, 5.74) is 3.59. The van der Waals surface area contributed by atoms with Crippen LogP contribution in [-0.2, 0) is 15.6 Å². The zero-order valence-electron chi connectivity index (χ0n) is 11.3. The standard InChI is InChI=1S/C14H18N2O3S/c1-11(16-17)6-7-20(18,19)10-12-8-13-4-2-3-5-14(13)15-9-12/h2-5,8-9,11,16-17H,6-7,10H2,1H3. The van der Waals surface area contributed by atoms with Gasteiger partial charge in [-0.3, -0.25) is 4.98 Å². The summed E-state index contributed by atoms with van der Waals surface area (Å²) in [7, 11) is -3.20. The molecule has 0 radical (unpaired) electrons. The third-order valence-corrected chi connectivity index (χ3v) is 4.75. The molecule has 1 aromatic carbocycles. The summed E-state index contributed by atoms with van der Waals surface area (Å²) in [5, 5.41) is 9.62. The predicted molar refractivity (Wildman–Crippen MR) is 78.2 cm³/mol. The van der Waals surface area contributed by atoms with E-state index in [1.807, 2.05) is 35.8 Å². The minimum Gasteiger partial charge on any atom is -0.317 e. The van der Waals surface area contributed by atoms with Crippen molar-refractivity contribution in [1.29, 1.82) is 0 Å². The van der Waals surface area contributed by atoms with Crippen molar-refractivity contribution < 1.29 is 13.6 Å². The van der Waals surface area contributed by atoms with E-state index in [-0.39, 0.29) is 17.5 Å². The van der Waals surface area contributed by atoms with Gasteiger partial charge in [-0.1, -0.05) is 18.2 Å². The van der Waals surface area contributed by atoms with E-state index in [9.17, 15) is 8.42 Å². The van der Waals surface area contributed by atoms with Gasteiger partial charge < -0.3 is 5.21 Å². The van der Waals surface area contributed by atoms with Crippen LogP contribution in [0.3, 0.4) is 0 Å². The van der Waals surface area contributed by atoms with E-state index in [0.717, 1.165) is 10.9 Å². The first-order chi connectivity index (χ1) is 9.50. The van der Waals surface area contributed by atoms with Gasteiger partial charge in [-0.15, -0.1) is 0 Å². The molecule has 1 atom stereocenters. The van der Waals surface area contributed by atoms with E-state index < -0.39 is 9.84 Å². The van der Waals surface area contributed by atoms with Gasteiger partial charge in [0.05, 0.1) is 17.0 Å². The average molecular weight is 294 g/mol. The number of para-hydroxylation sites is 1. The smallest absolute Gasteiger partial charge is 0.154 e. The molecule has 0 bridgehead atoms. The van der Waals surface area contributed by atoms with E-state index >= 15 is 0 Å². The van der Waals surface area contributed by atoms with Crippen LogP contribution in [0.2, 0.25) is 0 Å². The van der Waals surface area contributed by atoms with Crippen LogP contribution in [0.1, 0.15) is 18.9 Å². The lowest BCUT2D eigenvalue weighted by atomic mass is 10.2. The van der Waals surface area contributed by atoms with Crippen molar-refractivity contribution in [2.24, 2.45) is 0 Å². The maximum absolute atomic E-state index is 12.0. The number of pyridine rings is 1. The molecular formula is C14H18N2O3S. The van der Waals surface area contributed by atoms with Gasteiger partial charge in [0.25, 0.3) is 0 Å². The molecule has 0 fully saturated rings. The van der Waals surface area contributed by atoms with Gasteiger partial charge in [-0.05, 0) is 31.0 Å². The van der Waals surface area contributed by atoms with E-state index in [0.29, 0.717) is 12.0 Å². The first-order valence-electron chi connectivity index (χ1n) is 6.44. The Morgan fingerprint density at radius 3 is 2.85 bits per heavy atom. The summed E-state index contributed by atoms with van der Waals surface area (Å²) >= 11 is 0. The number of sulfone groups is 1. The Labute approximate surface area is 118 Å². The molecular weight excluding hydrogens is 276 g/mol. The van der Waals surface area contributed by atoms with Gasteiger partial charge in [-0.25, -0.2) is 13.9 Å². The fourth-order valence-corrected chi connectivity index (χ4v) is 3.47. The van der Waals surface area contributed by atoms with Crippen LogP contribution in [0.4, 0.5) is 0 Å². The SMILES string of the molecule is CC(CCS(=O)(=O)Cc1cnc2ccccc2c1)NO. The molecule has 20 heavy (non-hydrogen) atoms. The minimum atomic E-state index is -3.20. The Morgan fingerprint density at radius 2 is 2.10 bits per heavy atom. The van der Waals surface area contributed by atoms with Gasteiger partial charge in [0.15, 0.2) is 9.84 Å². The first kappa shape index (κ1) is 14.9. The van der Waals surface area contributed by atoms with Crippen LogP contribution in [0, 0.1) is 0 Å². The lowest BCUT2D eigenvalue weighted by Gasteiger charge is -2.09. The molecule has 1 heterocycles. The number of hydroxylamine groups is 1. The second kappa shape index (κ2) is 6.30. The molecule has 0 aliphatic heterocycles. The molecule has 5 nitrogen and oxygen atoms in total. The van der Waals surface area contributed by atoms with Crippen molar-refractivity contribution in [2.75, 3.05) is 5.75 Å². The summed E-state index contributed by atoms with van der Waals surface area (Å²) in [5.74, 6) is 0.0114. The van der Waals surface area contributed by atoms with E-state index in [1.54, 1.807) is 13.1 Å². The lowest BCUT2D eigenvalue weighted by molar-refractivity contribution is 0.131. The monoisotopic (exact) mass is 294 g/mol. The number of aromatic nitrogens is 1. The second-order valence-corrected chi connectivity index (χ2v) is 7.13. The van der Waals surface area contributed by atoms with Gasteiger partial charge in [0, 0.05) is 17.6 Å². The highest BCUT2D eigenvalue weighted by Gasteiger charge is 2.14. The Hall–Kier alpha value is -1.50. The first-order valence-corrected chi connectivity index (χ1v) is 8.26. The summed E-state index contributed by atoms with van der Waals surface area (Å²) in [6.45, 7) is 1.73. The van der Waals surface area contributed by atoms with Crippen molar-refractivity contribution >= 4 is 20.7 Å². The third kappa shape index (κ3) is 4.00. The fourth-order valence-electron chi connectivity index (χ4n) is 1.94. The molecule has 0 spiro atoms. The quantitative estimate of drug-likeness (QED) is 0.796. The van der Waals surface area contributed by atoms with Crippen molar-refractivity contribution in [3.05, 3.63) is 42.1 Å². The summed E-state index contributed by atoms with van der Waals surface area (Å²) in [6.07, 6.45) is 1.98. The summed E-state index contributed by atoms with van der Waals surface area (Å²) in [6, 6.07) is 9.22. The summed E-state index contributed by atoms with van der Waals surface area (Å²) in [4.78, 5) is 4.26. The average Bonchev–Trinajstić information content (AvgIpc) is 2.44. The molecule has 1 aromatic heterocycles. The van der Waals surface area contributed by atoms with Crippen LogP contribution in [0.15, 0.2) is 36.5 Å². The maximum Gasteiger partial charge on any atom is 0.154 e. The number of nitrogens with zero attached hydrogens (tertiary/aromatic N) is 1. The molecule has 6 heteroatoms. The topological polar surface area (TPSA) is 79.3 Å². The highest BCUT2D eigenvalue weighted by Crippen LogP contribution is 2.15. The van der Waals surface area contributed by atoms with Gasteiger partial charge in [0.2, 0.25) is 0 Å². The predicted octanol–water partition coefficient (Wildman–Crippen LogP) is 1.91. The van der Waals surface area contributed by atoms with Gasteiger partial charge in [0.1, 0.15) is 0 Å². The largest absolute Gasteiger partial charge is 0.317 e.